The lowest BCUT2D eigenvalue weighted by molar-refractivity contribution is 0.153. The van der Waals surface area contributed by atoms with Gasteiger partial charge in [-0.05, 0) is 37.0 Å². The van der Waals surface area contributed by atoms with Crippen LogP contribution in [0.4, 0.5) is 9.18 Å². The largest absolute Gasteiger partial charge is 0.396 e. The Labute approximate surface area is 124 Å². The Hall–Kier alpha value is -1.62. The molecule has 0 radical (unpaired) electrons. The molecule has 0 heterocycles. The molecule has 2 amide bonds. The quantitative estimate of drug-likeness (QED) is 0.799. The minimum absolute atomic E-state index is 0.0264. The Morgan fingerprint density at radius 1 is 1.38 bits per heavy atom. The van der Waals surface area contributed by atoms with Gasteiger partial charge in [-0.1, -0.05) is 25.0 Å². The summed E-state index contributed by atoms with van der Waals surface area (Å²) in [7, 11) is 0. The second-order valence-corrected chi connectivity index (χ2v) is 5.74. The van der Waals surface area contributed by atoms with Crippen molar-refractivity contribution < 1.29 is 14.3 Å². The second-order valence-electron chi connectivity index (χ2n) is 5.74. The average Bonchev–Trinajstić information content (AvgIpc) is 2.49. The molecule has 0 aliphatic heterocycles. The highest BCUT2D eigenvalue weighted by atomic mass is 19.1. The van der Waals surface area contributed by atoms with Crippen LogP contribution in [0.3, 0.4) is 0 Å². The molecule has 2 rings (SSSR count). The first-order chi connectivity index (χ1) is 10.1. The second kappa shape index (κ2) is 7.41. The molecule has 1 aliphatic carbocycles. The number of aryl methyl sites for hydroxylation is 1. The van der Waals surface area contributed by atoms with E-state index < -0.39 is 0 Å². The van der Waals surface area contributed by atoms with Gasteiger partial charge in [0.1, 0.15) is 5.82 Å². The molecule has 1 fully saturated rings. The van der Waals surface area contributed by atoms with E-state index in [-0.39, 0.29) is 30.4 Å². The van der Waals surface area contributed by atoms with Crippen molar-refractivity contribution in [2.75, 3.05) is 6.61 Å². The first-order valence-corrected chi connectivity index (χ1v) is 7.50. The number of benzene rings is 1. The fourth-order valence-corrected chi connectivity index (χ4v) is 2.76. The monoisotopic (exact) mass is 294 g/mol. The van der Waals surface area contributed by atoms with Gasteiger partial charge in [0.2, 0.25) is 0 Å². The molecule has 21 heavy (non-hydrogen) atoms. The Bertz CT molecular complexity index is 493. The van der Waals surface area contributed by atoms with Crippen molar-refractivity contribution >= 4 is 6.03 Å². The molecule has 1 saturated carbocycles. The fraction of sp³-hybridized carbons (Fsp3) is 0.562. The predicted octanol–water partition coefficient (Wildman–Crippen LogP) is 2.48. The van der Waals surface area contributed by atoms with Gasteiger partial charge in [0.05, 0.1) is 0 Å². The third-order valence-corrected chi connectivity index (χ3v) is 4.15. The maximum absolute atomic E-state index is 13.4. The van der Waals surface area contributed by atoms with Crippen molar-refractivity contribution in [2.45, 2.75) is 45.2 Å². The van der Waals surface area contributed by atoms with Crippen LogP contribution in [0.1, 0.15) is 36.8 Å². The number of nitrogens with one attached hydrogen (secondary N) is 2. The first kappa shape index (κ1) is 15.8. The summed E-state index contributed by atoms with van der Waals surface area (Å²) in [6, 6.07) is 4.70. The van der Waals surface area contributed by atoms with Crippen LogP contribution in [-0.4, -0.2) is 23.8 Å². The number of amides is 2. The lowest BCUT2D eigenvalue weighted by Gasteiger charge is -2.30. The highest BCUT2D eigenvalue weighted by Gasteiger charge is 2.25. The Morgan fingerprint density at radius 2 is 2.14 bits per heavy atom. The molecule has 1 aromatic rings. The molecule has 0 spiro atoms. The van der Waals surface area contributed by atoms with Crippen molar-refractivity contribution in [2.24, 2.45) is 5.92 Å². The van der Waals surface area contributed by atoms with Crippen molar-refractivity contribution in [1.82, 2.24) is 10.6 Å². The maximum atomic E-state index is 13.4. The van der Waals surface area contributed by atoms with E-state index in [1.807, 2.05) is 0 Å². The minimum Gasteiger partial charge on any atom is -0.396 e. The third kappa shape index (κ3) is 4.43. The van der Waals surface area contributed by atoms with Gasteiger partial charge in [-0.2, -0.15) is 0 Å². The standard InChI is InChI=1S/C16H23FN2O2/c1-11-6-7-12(8-14(11)17)9-18-16(21)19-15-5-3-2-4-13(15)10-20/h6-8,13,15,20H,2-5,9-10H2,1H3,(H2,18,19,21). The number of halogens is 1. The SMILES string of the molecule is Cc1ccc(CNC(=O)NC2CCCCC2CO)cc1F. The van der Waals surface area contributed by atoms with Gasteiger partial charge >= 0.3 is 6.03 Å². The number of aliphatic hydroxyl groups excluding tert-OH is 1. The Morgan fingerprint density at radius 3 is 2.86 bits per heavy atom. The number of carbonyl (C=O) groups excluding carboxylic acids is 1. The highest BCUT2D eigenvalue weighted by molar-refractivity contribution is 5.74. The van der Waals surface area contributed by atoms with Crippen LogP contribution in [0.5, 0.6) is 0 Å². The highest BCUT2D eigenvalue weighted by Crippen LogP contribution is 2.23. The Kier molecular flexibility index (Phi) is 5.56. The molecule has 5 heteroatoms. The zero-order valence-electron chi connectivity index (χ0n) is 12.4. The van der Waals surface area contributed by atoms with Gasteiger partial charge < -0.3 is 15.7 Å². The summed E-state index contributed by atoms with van der Waals surface area (Å²) in [4.78, 5) is 11.9. The van der Waals surface area contributed by atoms with Crippen LogP contribution in [0.15, 0.2) is 18.2 Å². The lowest BCUT2D eigenvalue weighted by Crippen LogP contribution is -2.47. The van der Waals surface area contributed by atoms with Gasteiger partial charge in [0.25, 0.3) is 0 Å². The molecular weight excluding hydrogens is 271 g/mol. The molecule has 0 bridgehead atoms. The van der Waals surface area contributed by atoms with Crippen LogP contribution >= 0.6 is 0 Å². The van der Waals surface area contributed by atoms with E-state index in [0.29, 0.717) is 12.1 Å². The number of hydrogen-bond donors (Lipinski definition) is 3. The molecule has 116 valence electrons. The van der Waals surface area contributed by atoms with Crippen LogP contribution in [-0.2, 0) is 6.54 Å². The molecule has 3 N–H and O–H groups in total. The fourth-order valence-electron chi connectivity index (χ4n) is 2.76. The van der Waals surface area contributed by atoms with E-state index in [0.717, 1.165) is 31.2 Å². The van der Waals surface area contributed by atoms with E-state index in [4.69, 9.17) is 0 Å². The summed E-state index contributed by atoms with van der Waals surface area (Å²) in [5.74, 6) is -0.122. The lowest BCUT2D eigenvalue weighted by atomic mass is 9.85. The van der Waals surface area contributed by atoms with Crippen molar-refractivity contribution in [3.8, 4) is 0 Å². The molecule has 2 unspecified atom stereocenters. The van der Waals surface area contributed by atoms with Gasteiger partial charge in [0, 0.05) is 25.1 Å². The third-order valence-electron chi connectivity index (χ3n) is 4.15. The molecule has 0 aromatic heterocycles. The topological polar surface area (TPSA) is 61.4 Å². The maximum Gasteiger partial charge on any atom is 0.315 e. The minimum atomic E-state index is -0.263. The number of carbonyl (C=O) groups is 1. The van der Waals surface area contributed by atoms with Crippen molar-refractivity contribution in [1.29, 1.82) is 0 Å². The summed E-state index contributed by atoms with van der Waals surface area (Å²) in [6.45, 7) is 2.10. The van der Waals surface area contributed by atoms with Crippen molar-refractivity contribution in [3.05, 3.63) is 35.1 Å². The average molecular weight is 294 g/mol. The van der Waals surface area contributed by atoms with E-state index >= 15 is 0 Å². The molecule has 4 nitrogen and oxygen atoms in total. The normalized spacial score (nSPS) is 21.9. The van der Waals surface area contributed by atoms with Gasteiger partial charge in [-0.3, -0.25) is 0 Å². The molecule has 1 aliphatic rings. The van der Waals surface area contributed by atoms with Crippen LogP contribution < -0.4 is 10.6 Å². The summed E-state index contributed by atoms with van der Waals surface area (Å²) < 4.78 is 13.4. The predicted molar refractivity (Wildman–Crippen MR) is 79.3 cm³/mol. The van der Waals surface area contributed by atoms with Crippen LogP contribution in [0.2, 0.25) is 0 Å². The summed E-state index contributed by atoms with van der Waals surface area (Å²) in [5, 5.41) is 15.0. The van der Waals surface area contributed by atoms with E-state index in [1.54, 1.807) is 19.1 Å². The van der Waals surface area contributed by atoms with Gasteiger partial charge in [0.15, 0.2) is 0 Å². The zero-order valence-corrected chi connectivity index (χ0v) is 12.4. The number of aliphatic hydroxyl groups is 1. The molecular formula is C16H23FN2O2. The van der Waals surface area contributed by atoms with Gasteiger partial charge in [-0.15, -0.1) is 0 Å². The Balaban J connectivity index is 1.82. The van der Waals surface area contributed by atoms with E-state index in [2.05, 4.69) is 10.6 Å². The molecule has 0 saturated heterocycles. The summed E-state index contributed by atoms with van der Waals surface area (Å²) >= 11 is 0. The van der Waals surface area contributed by atoms with Crippen LogP contribution in [0, 0.1) is 18.7 Å². The van der Waals surface area contributed by atoms with Crippen molar-refractivity contribution in [3.63, 3.8) is 0 Å². The smallest absolute Gasteiger partial charge is 0.315 e. The van der Waals surface area contributed by atoms with Crippen LogP contribution in [0.25, 0.3) is 0 Å². The van der Waals surface area contributed by atoms with Gasteiger partial charge in [-0.25, -0.2) is 9.18 Å². The zero-order chi connectivity index (χ0) is 15.2. The number of urea groups is 1. The number of rotatable bonds is 4. The molecule has 1 aromatic carbocycles. The van der Waals surface area contributed by atoms with E-state index in [9.17, 15) is 14.3 Å². The van der Waals surface area contributed by atoms with E-state index in [1.165, 1.54) is 6.07 Å². The first-order valence-electron chi connectivity index (χ1n) is 7.50. The molecule has 2 atom stereocenters. The number of hydrogen-bond acceptors (Lipinski definition) is 2. The summed E-state index contributed by atoms with van der Waals surface area (Å²) in [5.41, 5.74) is 1.33. The summed E-state index contributed by atoms with van der Waals surface area (Å²) in [6.07, 6.45) is 4.03.